The summed E-state index contributed by atoms with van der Waals surface area (Å²) in [5.41, 5.74) is 2.57. The summed E-state index contributed by atoms with van der Waals surface area (Å²) in [4.78, 5) is 28.9. The fourth-order valence-corrected chi connectivity index (χ4v) is 3.74. The van der Waals surface area contributed by atoms with Gasteiger partial charge < -0.3 is 18.6 Å². The Kier molecular flexibility index (Phi) is 6.62. The van der Waals surface area contributed by atoms with Crippen molar-refractivity contribution in [3.63, 3.8) is 0 Å². The minimum Gasteiger partial charge on any atom is -0.489 e. The average molecular weight is 482 g/mol. The summed E-state index contributed by atoms with van der Waals surface area (Å²) in [6.07, 6.45) is 0. The molecule has 7 heteroatoms. The summed E-state index contributed by atoms with van der Waals surface area (Å²) in [6, 6.07) is 25.6. The van der Waals surface area contributed by atoms with Crippen molar-refractivity contribution in [3.05, 3.63) is 112 Å². The molecule has 5 aromatic rings. The number of para-hydroxylation sites is 1. The molecule has 0 amide bonds. The smallest absolute Gasteiger partial charge is 0.374 e. The Morgan fingerprint density at radius 3 is 2.39 bits per heavy atom. The van der Waals surface area contributed by atoms with Crippen LogP contribution in [0, 0.1) is 0 Å². The van der Waals surface area contributed by atoms with E-state index in [1.807, 2.05) is 60.7 Å². The summed E-state index contributed by atoms with van der Waals surface area (Å²) in [5, 5.41) is 1.48. The molecule has 0 aliphatic carbocycles. The van der Waals surface area contributed by atoms with Gasteiger partial charge in [0.1, 0.15) is 30.3 Å². The van der Waals surface area contributed by atoms with Gasteiger partial charge in [-0.1, -0.05) is 30.3 Å². The fraction of sp³-hybridized carbons (Fsp3) is 0.138. The number of carbonyl (C=O) groups excluding carboxylic acids is 1. The number of pyridine rings is 1. The first-order chi connectivity index (χ1) is 17.6. The lowest BCUT2D eigenvalue weighted by atomic mass is 10.1. The maximum Gasteiger partial charge on any atom is 0.374 e. The highest BCUT2D eigenvalue weighted by Crippen LogP contribution is 2.21. The number of rotatable bonds is 8. The number of fused-ring (bicyclic) bond motifs is 2. The van der Waals surface area contributed by atoms with E-state index in [4.69, 9.17) is 18.6 Å². The summed E-state index contributed by atoms with van der Waals surface area (Å²) in [5.74, 6) is 0.572. The molecule has 2 heterocycles. The number of nitrogens with zero attached hydrogens (tertiary/aromatic N) is 1. The lowest BCUT2D eigenvalue weighted by molar-refractivity contribution is 0.0490. The van der Waals surface area contributed by atoms with Crippen molar-refractivity contribution in [2.24, 2.45) is 0 Å². The van der Waals surface area contributed by atoms with Crippen LogP contribution >= 0.6 is 0 Å². The number of hydrogen-bond donors (Lipinski definition) is 0. The van der Waals surface area contributed by atoms with Crippen molar-refractivity contribution >= 4 is 27.8 Å². The molecule has 0 spiro atoms. The van der Waals surface area contributed by atoms with Gasteiger partial charge in [0, 0.05) is 11.5 Å². The van der Waals surface area contributed by atoms with Gasteiger partial charge in [-0.2, -0.15) is 0 Å². The molecule has 36 heavy (non-hydrogen) atoms. The summed E-state index contributed by atoms with van der Waals surface area (Å²) < 4.78 is 22.3. The van der Waals surface area contributed by atoms with E-state index in [0.717, 1.165) is 28.2 Å². The monoisotopic (exact) mass is 481 g/mol. The first kappa shape index (κ1) is 23.1. The Bertz CT molecular complexity index is 1590. The Balaban J connectivity index is 1.21. The second-order valence-electron chi connectivity index (χ2n) is 8.07. The number of esters is 1. The van der Waals surface area contributed by atoms with Gasteiger partial charge in [0.15, 0.2) is 5.43 Å². The standard InChI is InChI=1S/C29H23NO6/c1-2-33-29(32)28-16-26(31)24-14-7-19(15-27(24)36-28)17-34-22-10-12-23(13-11-22)35-18-21-9-8-20-5-3-4-6-25(20)30-21/h3-16H,2,17-18H2,1H3. The molecule has 0 radical (unpaired) electrons. The SMILES string of the molecule is CCOC(=O)c1cc(=O)c2ccc(COc3ccc(OCc4ccc5ccccc5n4)cc3)cc2o1. The number of hydrogen-bond acceptors (Lipinski definition) is 7. The van der Waals surface area contributed by atoms with E-state index in [2.05, 4.69) is 4.98 Å². The second kappa shape index (κ2) is 10.3. The third-order valence-corrected chi connectivity index (χ3v) is 5.54. The summed E-state index contributed by atoms with van der Waals surface area (Å²) in [6.45, 7) is 2.50. The summed E-state index contributed by atoms with van der Waals surface area (Å²) in [7, 11) is 0. The van der Waals surface area contributed by atoms with E-state index in [1.54, 1.807) is 25.1 Å². The molecule has 7 nitrogen and oxygen atoms in total. The van der Waals surface area contributed by atoms with E-state index in [0.29, 0.717) is 29.1 Å². The van der Waals surface area contributed by atoms with Crippen LogP contribution in [0.1, 0.15) is 28.7 Å². The summed E-state index contributed by atoms with van der Waals surface area (Å²) >= 11 is 0. The van der Waals surface area contributed by atoms with Gasteiger partial charge in [-0.3, -0.25) is 4.79 Å². The zero-order chi connectivity index (χ0) is 24.9. The van der Waals surface area contributed by atoms with E-state index < -0.39 is 5.97 Å². The minimum atomic E-state index is -0.670. The highest BCUT2D eigenvalue weighted by atomic mass is 16.5. The Labute approximate surface area is 206 Å². The Hall–Kier alpha value is -4.65. The van der Waals surface area contributed by atoms with Gasteiger partial charge in [0.05, 0.1) is 23.2 Å². The molecule has 0 fully saturated rings. The molecular formula is C29H23NO6. The van der Waals surface area contributed by atoms with Gasteiger partial charge in [-0.15, -0.1) is 0 Å². The Morgan fingerprint density at radius 1 is 0.861 bits per heavy atom. The highest BCUT2D eigenvalue weighted by Gasteiger charge is 2.13. The fourth-order valence-electron chi connectivity index (χ4n) is 3.74. The zero-order valence-corrected chi connectivity index (χ0v) is 19.6. The van der Waals surface area contributed by atoms with Gasteiger partial charge in [0.2, 0.25) is 5.76 Å². The predicted molar refractivity (Wildman–Crippen MR) is 135 cm³/mol. The van der Waals surface area contributed by atoms with Crippen molar-refractivity contribution in [2.45, 2.75) is 20.1 Å². The van der Waals surface area contributed by atoms with Crippen molar-refractivity contribution < 1.29 is 23.4 Å². The predicted octanol–water partition coefficient (Wildman–Crippen LogP) is 5.68. The van der Waals surface area contributed by atoms with Crippen LogP contribution in [0.15, 0.2) is 94.1 Å². The van der Waals surface area contributed by atoms with Crippen LogP contribution in [0.3, 0.4) is 0 Å². The van der Waals surface area contributed by atoms with Gasteiger partial charge in [-0.25, -0.2) is 9.78 Å². The number of benzene rings is 3. The van der Waals surface area contributed by atoms with Crippen molar-refractivity contribution in [1.82, 2.24) is 4.98 Å². The van der Waals surface area contributed by atoms with Crippen molar-refractivity contribution in [3.8, 4) is 11.5 Å². The van der Waals surface area contributed by atoms with Crippen LogP contribution < -0.4 is 14.9 Å². The van der Waals surface area contributed by atoms with Crippen molar-refractivity contribution in [1.29, 1.82) is 0 Å². The van der Waals surface area contributed by atoms with E-state index in [9.17, 15) is 9.59 Å². The molecule has 0 saturated carbocycles. The first-order valence-corrected chi connectivity index (χ1v) is 11.5. The molecule has 0 saturated heterocycles. The van der Waals surface area contributed by atoms with Gasteiger partial charge >= 0.3 is 5.97 Å². The van der Waals surface area contributed by atoms with Crippen molar-refractivity contribution in [2.75, 3.05) is 6.61 Å². The molecule has 0 aliphatic rings. The average Bonchev–Trinajstić information content (AvgIpc) is 2.91. The largest absolute Gasteiger partial charge is 0.489 e. The third kappa shape index (κ3) is 5.20. The van der Waals surface area contributed by atoms with Crippen LogP contribution in [-0.4, -0.2) is 17.6 Å². The second-order valence-corrected chi connectivity index (χ2v) is 8.07. The molecule has 0 aliphatic heterocycles. The molecule has 3 aromatic carbocycles. The lowest BCUT2D eigenvalue weighted by Gasteiger charge is -2.10. The Morgan fingerprint density at radius 2 is 1.61 bits per heavy atom. The molecule has 180 valence electrons. The molecule has 0 unspecified atom stereocenters. The zero-order valence-electron chi connectivity index (χ0n) is 19.6. The van der Waals surface area contributed by atoms with Gasteiger partial charge in [-0.05, 0) is 61.0 Å². The van der Waals surface area contributed by atoms with Crippen LogP contribution in [0.25, 0.3) is 21.9 Å². The van der Waals surface area contributed by atoms with E-state index in [-0.39, 0.29) is 24.4 Å². The number of aromatic nitrogens is 1. The molecule has 0 N–H and O–H groups in total. The maximum absolute atomic E-state index is 12.3. The maximum atomic E-state index is 12.3. The van der Waals surface area contributed by atoms with Crippen LogP contribution in [-0.2, 0) is 18.0 Å². The van der Waals surface area contributed by atoms with Gasteiger partial charge in [0.25, 0.3) is 0 Å². The normalized spacial score (nSPS) is 10.9. The third-order valence-electron chi connectivity index (χ3n) is 5.54. The number of carbonyl (C=O) groups is 1. The van der Waals surface area contributed by atoms with Crippen LogP contribution in [0.5, 0.6) is 11.5 Å². The molecule has 5 rings (SSSR count). The number of ether oxygens (including phenoxy) is 3. The quantitative estimate of drug-likeness (QED) is 0.264. The van der Waals surface area contributed by atoms with Crippen LogP contribution in [0.2, 0.25) is 0 Å². The molecule has 0 atom stereocenters. The van der Waals surface area contributed by atoms with Crippen LogP contribution in [0.4, 0.5) is 0 Å². The van der Waals surface area contributed by atoms with E-state index in [1.165, 1.54) is 0 Å². The highest BCUT2D eigenvalue weighted by molar-refractivity contribution is 5.89. The molecule has 2 aromatic heterocycles. The first-order valence-electron chi connectivity index (χ1n) is 11.5. The topological polar surface area (TPSA) is 87.9 Å². The van der Waals surface area contributed by atoms with E-state index >= 15 is 0 Å². The molecule has 0 bridgehead atoms. The minimum absolute atomic E-state index is 0.123. The lowest BCUT2D eigenvalue weighted by Crippen LogP contribution is -2.10. The molecular weight excluding hydrogens is 458 g/mol.